The summed E-state index contributed by atoms with van der Waals surface area (Å²) in [6.07, 6.45) is 0. The lowest BCUT2D eigenvalue weighted by atomic mass is 10.1. The molecule has 0 bridgehead atoms. The van der Waals surface area contributed by atoms with E-state index in [1.54, 1.807) is 6.07 Å². The molecule has 0 saturated heterocycles. The quantitative estimate of drug-likeness (QED) is 0.553. The van der Waals surface area contributed by atoms with E-state index in [2.05, 4.69) is 0 Å². The van der Waals surface area contributed by atoms with Gasteiger partial charge in [-0.05, 0) is 68.1 Å². The largest absolute Gasteiger partial charge is 0.399 e. The first-order chi connectivity index (χ1) is 9.22. The summed E-state index contributed by atoms with van der Waals surface area (Å²) in [5, 5.41) is 0. The molecule has 0 atom stereocenters. The molecule has 2 rings (SSSR count). The predicted octanol–water partition coefficient (Wildman–Crippen LogP) is 2.94. The number of nitrogens with two attached hydrogens (primary N) is 4. The lowest BCUT2D eigenvalue weighted by Gasteiger charge is -2.03. The van der Waals surface area contributed by atoms with Gasteiger partial charge in [-0.3, -0.25) is 0 Å². The minimum Gasteiger partial charge on any atom is -0.399 e. The van der Waals surface area contributed by atoms with Crippen LogP contribution in [0.1, 0.15) is 22.3 Å². The van der Waals surface area contributed by atoms with Crippen LogP contribution in [0.25, 0.3) is 0 Å². The number of benzene rings is 2. The van der Waals surface area contributed by atoms with E-state index in [9.17, 15) is 0 Å². The highest BCUT2D eigenvalue weighted by atomic mass is 14.6. The first kappa shape index (κ1) is 15.7. The van der Waals surface area contributed by atoms with Crippen LogP contribution >= 0.6 is 0 Å². The van der Waals surface area contributed by atoms with Crippen LogP contribution in [0.15, 0.2) is 24.3 Å². The Morgan fingerprint density at radius 3 is 1.00 bits per heavy atom. The van der Waals surface area contributed by atoms with Gasteiger partial charge in [0.05, 0.1) is 0 Å². The highest BCUT2D eigenvalue weighted by Gasteiger charge is 1.97. The SMILES string of the molecule is Cc1cc(C)c(N)cc1N.Cc1cc(N)c(C)cc1N. The van der Waals surface area contributed by atoms with Gasteiger partial charge < -0.3 is 22.9 Å². The Labute approximate surface area is 120 Å². The molecular formula is C16H24N4. The zero-order valence-electron chi connectivity index (χ0n) is 12.6. The molecule has 2 aromatic carbocycles. The van der Waals surface area contributed by atoms with Crippen LogP contribution in [-0.4, -0.2) is 0 Å². The molecule has 0 fully saturated rings. The Kier molecular flexibility index (Phi) is 4.86. The van der Waals surface area contributed by atoms with Crippen molar-refractivity contribution < 1.29 is 0 Å². The minimum atomic E-state index is 0.767. The first-order valence-electron chi connectivity index (χ1n) is 6.46. The first-order valence-corrected chi connectivity index (χ1v) is 6.46. The Balaban J connectivity index is 0.000000200. The topological polar surface area (TPSA) is 104 Å². The molecule has 0 saturated carbocycles. The van der Waals surface area contributed by atoms with Gasteiger partial charge in [-0.2, -0.15) is 0 Å². The lowest BCUT2D eigenvalue weighted by molar-refractivity contribution is 1.39. The van der Waals surface area contributed by atoms with E-state index in [4.69, 9.17) is 22.9 Å². The van der Waals surface area contributed by atoms with Crippen molar-refractivity contribution in [2.75, 3.05) is 22.9 Å². The maximum absolute atomic E-state index is 5.63. The summed E-state index contributed by atoms with van der Waals surface area (Å²) >= 11 is 0. The third-order valence-corrected chi connectivity index (χ3v) is 3.31. The van der Waals surface area contributed by atoms with Crippen LogP contribution in [0.3, 0.4) is 0 Å². The molecule has 20 heavy (non-hydrogen) atoms. The molecule has 4 heteroatoms. The highest BCUT2D eigenvalue weighted by Crippen LogP contribution is 2.19. The van der Waals surface area contributed by atoms with Gasteiger partial charge in [0.25, 0.3) is 0 Å². The van der Waals surface area contributed by atoms with Gasteiger partial charge in [0, 0.05) is 22.7 Å². The third kappa shape index (κ3) is 3.82. The Morgan fingerprint density at radius 2 is 0.700 bits per heavy atom. The summed E-state index contributed by atoms with van der Waals surface area (Å²) < 4.78 is 0. The van der Waals surface area contributed by atoms with Gasteiger partial charge in [0.2, 0.25) is 0 Å². The lowest BCUT2D eigenvalue weighted by Crippen LogP contribution is -1.95. The van der Waals surface area contributed by atoms with Crippen molar-refractivity contribution in [2.45, 2.75) is 27.7 Å². The molecule has 0 amide bonds. The molecule has 4 nitrogen and oxygen atoms in total. The zero-order chi connectivity index (χ0) is 15.4. The van der Waals surface area contributed by atoms with E-state index in [0.717, 1.165) is 45.0 Å². The van der Waals surface area contributed by atoms with E-state index < -0.39 is 0 Å². The Morgan fingerprint density at radius 1 is 0.450 bits per heavy atom. The summed E-state index contributed by atoms with van der Waals surface area (Å²) in [4.78, 5) is 0. The number of hydrogen-bond acceptors (Lipinski definition) is 4. The maximum atomic E-state index is 5.63. The predicted molar refractivity (Wildman–Crippen MR) is 89.5 cm³/mol. The van der Waals surface area contributed by atoms with Gasteiger partial charge in [0.15, 0.2) is 0 Å². The highest BCUT2D eigenvalue weighted by molar-refractivity contribution is 5.60. The number of anilines is 4. The molecule has 2 aromatic rings. The number of hydrogen-bond donors (Lipinski definition) is 4. The van der Waals surface area contributed by atoms with Crippen molar-refractivity contribution >= 4 is 22.7 Å². The Bertz CT molecular complexity index is 462. The fraction of sp³-hybridized carbons (Fsp3) is 0.250. The maximum Gasteiger partial charge on any atom is 0.0364 e. The molecule has 0 unspecified atom stereocenters. The van der Waals surface area contributed by atoms with E-state index in [1.807, 2.05) is 45.9 Å². The normalized spacial score (nSPS) is 9.80. The van der Waals surface area contributed by atoms with Crippen molar-refractivity contribution in [2.24, 2.45) is 0 Å². The fourth-order valence-electron chi connectivity index (χ4n) is 1.75. The van der Waals surface area contributed by atoms with Crippen molar-refractivity contribution in [3.05, 3.63) is 46.5 Å². The molecule has 108 valence electrons. The minimum absolute atomic E-state index is 0.767. The zero-order valence-corrected chi connectivity index (χ0v) is 12.6. The van der Waals surface area contributed by atoms with Gasteiger partial charge in [0.1, 0.15) is 0 Å². The van der Waals surface area contributed by atoms with Crippen LogP contribution < -0.4 is 22.9 Å². The molecule has 0 heterocycles. The molecular weight excluding hydrogens is 248 g/mol. The molecule has 0 aliphatic carbocycles. The Hall–Kier alpha value is -2.36. The van der Waals surface area contributed by atoms with Crippen LogP contribution in [0.4, 0.5) is 22.7 Å². The van der Waals surface area contributed by atoms with Gasteiger partial charge in [-0.1, -0.05) is 6.07 Å². The van der Waals surface area contributed by atoms with E-state index in [0.29, 0.717) is 0 Å². The number of nitrogen functional groups attached to an aromatic ring is 4. The molecule has 0 aromatic heterocycles. The number of rotatable bonds is 0. The monoisotopic (exact) mass is 272 g/mol. The summed E-state index contributed by atoms with van der Waals surface area (Å²) in [6.45, 7) is 7.85. The van der Waals surface area contributed by atoms with Crippen LogP contribution in [-0.2, 0) is 0 Å². The van der Waals surface area contributed by atoms with E-state index in [-0.39, 0.29) is 0 Å². The summed E-state index contributed by atoms with van der Waals surface area (Å²) in [5.74, 6) is 0. The second kappa shape index (κ2) is 6.19. The third-order valence-electron chi connectivity index (χ3n) is 3.31. The van der Waals surface area contributed by atoms with Gasteiger partial charge in [-0.25, -0.2) is 0 Å². The number of aryl methyl sites for hydroxylation is 4. The van der Waals surface area contributed by atoms with Gasteiger partial charge in [-0.15, -0.1) is 0 Å². The molecule has 0 radical (unpaired) electrons. The van der Waals surface area contributed by atoms with Gasteiger partial charge >= 0.3 is 0 Å². The second-order valence-corrected chi connectivity index (χ2v) is 5.13. The summed E-state index contributed by atoms with van der Waals surface area (Å²) in [5.41, 5.74) is 29.9. The van der Waals surface area contributed by atoms with Crippen molar-refractivity contribution in [1.29, 1.82) is 0 Å². The van der Waals surface area contributed by atoms with Crippen LogP contribution in [0.5, 0.6) is 0 Å². The summed E-state index contributed by atoms with van der Waals surface area (Å²) in [7, 11) is 0. The van der Waals surface area contributed by atoms with E-state index in [1.165, 1.54) is 0 Å². The second-order valence-electron chi connectivity index (χ2n) is 5.13. The van der Waals surface area contributed by atoms with Crippen LogP contribution in [0, 0.1) is 27.7 Å². The van der Waals surface area contributed by atoms with Crippen molar-refractivity contribution in [1.82, 2.24) is 0 Å². The average Bonchev–Trinajstić information content (AvgIpc) is 2.35. The van der Waals surface area contributed by atoms with Crippen LogP contribution in [0.2, 0.25) is 0 Å². The average molecular weight is 272 g/mol. The summed E-state index contributed by atoms with van der Waals surface area (Å²) in [6, 6.07) is 7.57. The fourth-order valence-corrected chi connectivity index (χ4v) is 1.75. The molecule has 0 aliphatic heterocycles. The van der Waals surface area contributed by atoms with Crippen molar-refractivity contribution in [3.8, 4) is 0 Å². The molecule has 0 aliphatic rings. The molecule has 8 N–H and O–H groups in total. The molecule has 0 spiro atoms. The van der Waals surface area contributed by atoms with Crippen molar-refractivity contribution in [3.63, 3.8) is 0 Å². The van der Waals surface area contributed by atoms with E-state index >= 15 is 0 Å². The smallest absolute Gasteiger partial charge is 0.0364 e. The standard InChI is InChI=1S/2C8H12N2/c1-5-3-8(10)6(2)4-7(5)9;1-5-3-6(2)8(10)4-7(5)9/h2*3-4H,9-10H2,1-2H3.